The maximum absolute atomic E-state index is 12.9. The van der Waals surface area contributed by atoms with Crippen molar-refractivity contribution in [3.05, 3.63) is 60.3 Å². The Hall–Kier alpha value is -2.75. The Morgan fingerprint density at radius 2 is 1.78 bits per heavy atom. The molecule has 1 aromatic carbocycles. The quantitative estimate of drug-likeness (QED) is 0.737. The Labute approximate surface area is 135 Å². The van der Waals surface area contributed by atoms with E-state index in [1.165, 1.54) is 0 Å². The van der Waals surface area contributed by atoms with Crippen molar-refractivity contribution < 1.29 is 4.79 Å². The molecule has 3 rings (SSSR count). The van der Waals surface area contributed by atoms with Crippen molar-refractivity contribution in [1.29, 1.82) is 0 Å². The lowest BCUT2D eigenvalue weighted by atomic mass is 10.1. The first-order valence-corrected chi connectivity index (χ1v) is 7.85. The normalized spacial score (nSPS) is 10.7. The molecule has 0 atom stereocenters. The lowest BCUT2D eigenvalue weighted by Crippen LogP contribution is -2.31. The molecule has 0 saturated heterocycles. The number of aromatic nitrogens is 2. The van der Waals surface area contributed by atoms with E-state index in [1.54, 1.807) is 11.1 Å². The average Bonchev–Trinajstić information content (AvgIpc) is 2.62. The fourth-order valence-corrected chi connectivity index (χ4v) is 2.66. The number of fused-ring (bicyclic) bond motifs is 1. The molecule has 0 bridgehead atoms. The summed E-state index contributed by atoms with van der Waals surface area (Å²) in [6.45, 7) is 5.31. The summed E-state index contributed by atoms with van der Waals surface area (Å²) in [7, 11) is 0. The largest absolute Gasteiger partial charge is 0.339 e. The van der Waals surface area contributed by atoms with Crippen LogP contribution < -0.4 is 0 Å². The van der Waals surface area contributed by atoms with Crippen molar-refractivity contribution in [2.24, 2.45) is 0 Å². The minimum absolute atomic E-state index is 0.00564. The van der Waals surface area contributed by atoms with Crippen LogP contribution >= 0.6 is 0 Å². The number of para-hydroxylation sites is 1. The van der Waals surface area contributed by atoms with Crippen LogP contribution in [0, 0.1) is 0 Å². The summed E-state index contributed by atoms with van der Waals surface area (Å²) < 4.78 is 0. The van der Waals surface area contributed by atoms with Crippen LogP contribution in [0.15, 0.2) is 54.7 Å². The van der Waals surface area contributed by atoms with E-state index in [-0.39, 0.29) is 5.91 Å². The fourth-order valence-electron chi connectivity index (χ4n) is 2.66. The summed E-state index contributed by atoms with van der Waals surface area (Å²) in [6, 6.07) is 15.4. The van der Waals surface area contributed by atoms with Crippen molar-refractivity contribution in [2.75, 3.05) is 13.1 Å². The molecule has 23 heavy (non-hydrogen) atoms. The van der Waals surface area contributed by atoms with Gasteiger partial charge in [-0.2, -0.15) is 0 Å². The third-order valence-corrected chi connectivity index (χ3v) is 3.91. The van der Waals surface area contributed by atoms with E-state index >= 15 is 0 Å². The van der Waals surface area contributed by atoms with Crippen molar-refractivity contribution >= 4 is 16.8 Å². The predicted molar refractivity (Wildman–Crippen MR) is 92.2 cm³/mol. The van der Waals surface area contributed by atoms with E-state index in [4.69, 9.17) is 4.98 Å². The van der Waals surface area contributed by atoms with Crippen molar-refractivity contribution in [2.45, 2.75) is 13.8 Å². The van der Waals surface area contributed by atoms with Crippen molar-refractivity contribution in [3.8, 4) is 11.4 Å². The highest BCUT2D eigenvalue weighted by Crippen LogP contribution is 2.25. The van der Waals surface area contributed by atoms with E-state index in [2.05, 4.69) is 4.98 Å². The molecule has 0 N–H and O–H groups in total. The molecule has 2 heterocycles. The fraction of sp³-hybridized carbons (Fsp3) is 0.211. The highest BCUT2D eigenvalue weighted by molar-refractivity contribution is 6.02. The molecule has 4 nitrogen and oxygen atoms in total. The number of hydrogen-bond donors (Lipinski definition) is 0. The summed E-state index contributed by atoms with van der Waals surface area (Å²) >= 11 is 0. The number of nitrogens with zero attached hydrogens (tertiary/aromatic N) is 3. The third-order valence-electron chi connectivity index (χ3n) is 3.91. The first-order valence-electron chi connectivity index (χ1n) is 7.85. The topological polar surface area (TPSA) is 46.1 Å². The molecule has 0 aliphatic rings. The summed E-state index contributed by atoms with van der Waals surface area (Å²) in [5, 5.41) is 0.961. The van der Waals surface area contributed by atoms with Gasteiger partial charge in [0.25, 0.3) is 5.91 Å². The van der Waals surface area contributed by atoms with Gasteiger partial charge in [-0.15, -0.1) is 0 Å². The molecular formula is C19H19N3O. The van der Waals surface area contributed by atoms with Crippen LogP contribution in [0.3, 0.4) is 0 Å². The van der Waals surface area contributed by atoms with E-state index in [9.17, 15) is 4.79 Å². The third kappa shape index (κ3) is 2.93. The Morgan fingerprint density at radius 1 is 1.04 bits per heavy atom. The summed E-state index contributed by atoms with van der Waals surface area (Å²) in [5.74, 6) is -0.00564. The molecule has 1 amide bonds. The van der Waals surface area contributed by atoms with E-state index in [0.717, 1.165) is 10.9 Å². The van der Waals surface area contributed by atoms with Gasteiger partial charge in [0, 0.05) is 24.7 Å². The van der Waals surface area contributed by atoms with Crippen LogP contribution in [0.25, 0.3) is 22.3 Å². The van der Waals surface area contributed by atoms with Gasteiger partial charge in [-0.05, 0) is 38.1 Å². The van der Waals surface area contributed by atoms with Crippen LogP contribution in [0.5, 0.6) is 0 Å². The SMILES string of the molecule is CCN(CC)C(=O)c1cc2ccccc2nc1-c1ccccn1. The number of carbonyl (C=O) groups excluding carboxylic acids is 1. The minimum atomic E-state index is -0.00564. The molecule has 3 aromatic rings. The van der Waals surface area contributed by atoms with Crippen LogP contribution in [0.1, 0.15) is 24.2 Å². The number of benzene rings is 1. The first-order chi connectivity index (χ1) is 11.2. The van der Waals surface area contributed by atoms with Gasteiger partial charge in [-0.3, -0.25) is 9.78 Å². The number of pyridine rings is 2. The summed E-state index contributed by atoms with van der Waals surface area (Å²) in [5.41, 5.74) is 2.82. The standard InChI is InChI=1S/C19H19N3O/c1-3-22(4-2)19(23)15-13-14-9-5-6-10-16(14)21-18(15)17-11-7-8-12-20-17/h5-13H,3-4H2,1-2H3. The lowest BCUT2D eigenvalue weighted by Gasteiger charge is -2.20. The second-order valence-corrected chi connectivity index (χ2v) is 5.27. The van der Waals surface area contributed by atoms with E-state index in [1.807, 2.05) is 62.4 Å². The Morgan fingerprint density at radius 3 is 2.48 bits per heavy atom. The summed E-state index contributed by atoms with van der Waals surface area (Å²) in [6.07, 6.45) is 1.72. The maximum atomic E-state index is 12.9. The van der Waals surface area contributed by atoms with Crippen LogP contribution in [0.2, 0.25) is 0 Å². The lowest BCUT2D eigenvalue weighted by molar-refractivity contribution is 0.0773. The van der Waals surface area contributed by atoms with Gasteiger partial charge in [-0.25, -0.2) is 4.98 Å². The molecule has 0 saturated carbocycles. The van der Waals surface area contributed by atoms with Gasteiger partial charge in [0.2, 0.25) is 0 Å². The second kappa shape index (κ2) is 6.57. The second-order valence-electron chi connectivity index (χ2n) is 5.27. The number of hydrogen-bond acceptors (Lipinski definition) is 3. The van der Waals surface area contributed by atoms with Crippen LogP contribution in [0.4, 0.5) is 0 Å². The molecular weight excluding hydrogens is 286 g/mol. The smallest absolute Gasteiger partial charge is 0.256 e. The van der Waals surface area contributed by atoms with Crippen molar-refractivity contribution in [3.63, 3.8) is 0 Å². The molecule has 0 radical (unpaired) electrons. The van der Waals surface area contributed by atoms with Crippen LogP contribution in [-0.4, -0.2) is 33.9 Å². The van der Waals surface area contributed by atoms with E-state index < -0.39 is 0 Å². The Kier molecular flexibility index (Phi) is 4.33. The maximum Gasteiger partial charge on any atom is 0.256 e. The predicted octanol–water partition coefficient (Wildman–Crippen LogP) is 3.78. The molecule has 116 valence electrons. The molecule has 0 aliphatic heterocycles. The monoisotopic (exact) mass is 305 g/mol. The average molecular weight is 305 g/mol. The van der Waals surface area contributed by atoms with Crippen molar-refractivity contribution in [1.82, 2.24) is 14.9 Å². The van der Waals surface area contributed by atoms with Gasteiger partial charge in [-0.1, -0.05) is 24.3 Å². The van der Waals surface area contributed by atoms with Gasteiger partial charge >= 0.3 is 0 Å². The Bertz CT molecular complexity index is 826. The van der Waals surface area contributed by atoms with Gasteiger partial charge < -0.3 is 4.90 Å². The highest BCUT2D eigenvalue weighted by Gasteiger charge is 2.20. The summed E-state index contributed by atoms with van der Waals surface area (Å²) in [4.78, 5) is 23.8. The molecule has 4 heteroatoms. The zero-order valence-corrected chi connectivity index (χ0v) is 13.4. The number of amides is 1. The van der Waals surface area contributed by atoms with Gasteiger partial charge in [0.1, 0.15) is 5.69 Å². The number of carbonyl (C=O) groups is 1. The van der Waals surface area contributed by atoms with Gasteiger partial charge in [0.05, 0.1) is 16.8 Å². The van der Waals surface area contributed by atoms with Crippen LogP contribution in [-0.2, 0) is 0 Å². The molecule has 0 aliphatic carbocycles. The molecule has 2 aromatic heterocycles. The number of rotatable bonds is 4. The Balaban J connectivity index is 2.23. The molecule has 0 fully saturated rings. The zero-order chi connectivity index (χ0) is 16.2. The zero-order valence-electron chi connectivity index (χ0n) is 13.4. The molecule has 0 spiro atoms. The highest BCUT2D eigenvalue weighted by atomic mass is 16.2. The minimum Gasteiger partial charge on any atom is -0.339 e. The first kappa shape index (κ1) is 15.2. The molecule has 0 unspecified atom stereocenters. The van der Waals surface area contributed by atoms with Gasteiger partial charge in [0.15, 0.2) is 0 Å². The van der Waals surface area contributed by atoms with E-state index in [0.29, 0.717) is 30.0 Å².